The zero-order valence-corrected chi connectivity index (χ0v) is 14.3. The molecule has 2 rings (SSSR count). The Bertz CT molecular complexity index is 889. The van der Waals surface area contributed by atoms with E-state index in [2.05, 4.69) is 0 Å². The van der Waals surface area contributed by atoms with E-state index in [-0.39, 0.29) is 10.8 Å². The highest BCUT2D eigenvalue weighted by Crippen LogP contribution is 2.37. The number of hydrogen-bond acceptors (Lipinski definition) is 4. The molecule has 1 N–H and O–H groups in total. The number of carbonyl (C=O) groups excluding carboxylic acids is 1. The van der Waals surface area contributed by atoms with E-state index in [0.29, 0.717) is 6.07 Å². The minimum atomic E-state index is -4.93. The van der Waals surface area contributed by atoms with Gasteiger partial charge >= 0.3 is 6.18 Å². The maximum atomic E-state index is 13.1. The van der Waals surface area contributed by atoms with Gasteiger partial charge in [0, 0.05) is 12.1 Å². The SMILES string of the molecule is C[C@H](Oc1ccc(F)cc1Cl)C(=O)Nc1ccc([N+](=O)[O-])cc1C(F)(F)F. The van der Waals surface area contributed by atoms with Gasteiger partial charge in [0.05, 0.1) is 21.2 Å². The highest BCUT2D eigenvalue weighted by molar-refractivity contribution is 6.32. The lowest BCUT2D eigenvalue weighted by Gasteiger charge is -2.18. The van der Waals surface area contributed by atoms with Gasteiger partial charge in [-0.3, -0.25) is 14.9 Å². The molecule has 144 valence electrons. The minimum Gasteiger partial charge on any atom is -0.479 e. The van der Waals surface area contributed by atoms with Crippen molar-refractivity contribution in [3.63, 3.8) is 0 Å². The van der Waals surface area contributed by atoms with E-state index in [0.717, 1.165) is 30.3 Å². The number of ether oxygens (including phenoxy) is 1. The molecule has 1 amide bonds. The number of benzene rings is 2. The van der Waals surface area contributed by atoms with Crippen molar-refractivity contribution < 1.29 is 32.0 Å². The van der Waals surface area contributed by atoms with Crippen LogP contribution in [0.2, 0.25) is 5.02 Å². The van der Waals surface area contributed by atoms with Crippen molar-refractivity contribution in [3.8, 4) is 5.75 Å². The van der Waals surface area contributed by atoms with Gasteiger partial charge in [-0.05, 0) is 31.2 Å². The Morgan fingerprint density at radius 2 is 1.93 bits per heavy atom. The molecular formula is C16H11ClF4N2O4. The summed E-state index contributed by atoms with van der Waals surface area (Å²) in [7, 11) is 0. The van der Waals surface area contributed by atoms with E-state index in [9.17, 15) is 32.5 Å². The standard InChI is InChI=1S/C16H11ClF4N2O4/c1-8(27-14-5-2-9(18)6-12(14)17)15(24)22-13-4-3-10(23(25)26)7-11(13)16(19,20)21/h2-8H,1H3,(H,22,24)/t8-/m0/s1. The number of rotatable bonds is 5. The first-order chi connectivity index (χ1) is 12.5. The Morgan fingerprint density at radius 3 is 2.48 bits per heavy atom. The largest absolute Gasteiger partial charge is 0.479 e. The summed E-state index contributed by atoms with van der Waals surface area (Å²) >= 11 is 5.76. The molecule has 0 fully saturated rings. The summed E-state index contributed by atoms with van der Waals surface area (Å²) in [5.41, 5.74) is -2.82. The van der Waals surface area contributed by atoms with Crippen LogP contribution in [0, 0.1) is 15.9 Å². The third-order valence-corrected chi connectivity index (χ3v) is 3.64. The molecule has 2 aromatic carbocycles. The van der Waals surface area contributed by atoms with E-state index in [1.54, 1.807) is 0 Å². The molecule has 0 radical (unpaired) electrons. The number of anilines is 1. The van der Waals surface area contributed by atoms with Gasteiger partial charge in [-0.25, -0.2) is 4.39 Å². The number of nitro benzene ring substituents is 1. The normalized spacial score (nSPS) is 12.4. The first-order valence-electron chi connectivity index (χ1n) is 7.27. The number of nitrogens with one attached hydrogen (secondary N) is 1. The molecule has 0 bridgehead atoms. The Morgan fingerprint density at radius 1 is 1.26 bits per heavy atom. The van der Waals surface area contributed by atoms with Crippen LogP contribution in [-0.2, 0) is 11.0 Å². The molecule has 2 aromatic rings. The van der Waals surface area contributed by atoms with E-state index in [4.69, 9.17) is 16.3 Å². The summed E-state index contributed by atoms with van der Waals surface area (Å²) in [5.74, 6) is -1.64. The van der Waals surface area contributed by atoms with Gasteiger partial charge < -0.3 is 10.1 Å². The highest BCUT2D eigenvalue weighted by atomic mass is 35.5. The van der Waals surface area contributed by atoms with E-state index in [1.807, 2.05) is 5.32 Å². The van der Waals surface area contributed by atoms with Crippen LogP contribution in [0.15, 0.2) is 36.4 Å². The molecule has 0 aliphatic rings. The van der Waals surface area contributed by atoms with Gasteiger partial charge in [0.2, 0.25) is 0 Å². The number of hydrogen-bond donors (Lipinski definition) is 1. The predicted molar refractivity (Wildman–Crippen MR) is 88.2 cm³/mol. The second-order valence-corrected chi connectivity index (χ2v) is 5.72. The molecule has 0 saturated heterocycles. The van der Waals surface area contributed by atoms with Crippen molar-refractivity contribution in [2.75, 3.05) is 5.32 Å². The Kier molecular flexibility index (Phi) is 5.89. The van der Waals surface area contributed by atoms with Gasteiger partial charge in [0.1, 0.15) is 11.6 Å². The zero-order chi connectivity index (χ0) is 20.4. The van der Waals surface area contributed by atoms with Crippen molar-refractivity contribution in [1.29, 1.82) is 0 Å². The molecule has 0 aliphatic heterocycles. The van der Waals surface area contributed by atoms with Gasteiger partial charge in [-0.1, -0.05) is 11.6 Å². The van der Waals surface area contributed by atoms with Gasteiger partial charge in [0.25, 0.3) is 11.6 Å². The molecule has 6 nitrogen and oxygen atoms in total. The first-order valence-corrected chi connectivity index (χ1v) is 7.65. The van der Waals surface area contributed by atoms with Crippen LogP contribution in [0.5, 0.6) is 5.75 Å². The molecule has 0 saturated carbocycles. The van der Waals surface area contributed by atoms with E-state index < -0.39 is 45.9 Å². The number of nitrogens with zero attached hydrogens (tertiary/aromatic N) is 1. The molecule has 11 heteroatoms. The molecule has 0 aliphatic carbocycles. The number of non-ortho nitro benzene ring substituents is 1. The Labute approximate surface area is 154 Å². The van der Waals surface area contributed by atoms with Crippen LogP contribution in [0.25, 0.3) is 0 Å². The number of alkyl halides is 3. The van der Waals surface area contributed by atoms with Gasteiger partial charge in [0.15, 0.2) is 6.10 Å². The zero-order valence-electron chi connectivity index (χ0n) is 13.5. The second-order valence-electron chi connectivity index (χ2n) is 5.31. The quantitative estimate of drug-likeness (QED) is 0.439. The predicted octanol–water partition coefficient (Wildman–Crippen LogP) is 4.81. The van der Waals surface area contributed by atoms with Crippen molar-refractivity contribution in [3.05, 3.63) is 62.9 Å². The summed E-state index contributed by atoms with van der Waals surface area (Å²) in [6, 6.07) is 5.06. The average Bonchev–Trinajstić information content (AvgIpc) is 2.56. The third-order valence-electron chi connectivity index (χ3n) is 3.34. The number of halogens is 5. The fourth-order valence-corrected chi connectivity index (χ4v) is 2.25. The number of carbonyl (C=O) groups is 1. The number of amides is 1. The van der Waals surface area contributed by atoms with Crippen LogP contribution >= 0.6 is 11.6 Å². The molecule has 1 atom stereocenters. The first kappa shape index (κ1) is 20.4. The summed E-state index contributed by atoms with van der Waals surface area (Å²) in [6.45, 7) is 1.24. The van der Waals surface area contributed by atoms with Crippen LogP contribution < -0.4 is 10.1 Å². The van der Waals surface area contributed by atoms with Crippen LogP contribution in [0.1, 0.15) is 12.5 Å². The smallest absolute Gasteiger partial charge is 0.418 e. The van der Waals surface area contributed by atoms with Crippen molar-refractivity contribution >= 4 is 28.9 Å². The van der Waals surface area contributed by atoms with Crippen molar-refractivity contribution in [2.45, 2.75) is 19.2 Å². The molecule has 0 aromatic heterocycles. The Hall–Kier alpha value is -2.88. The lowest BCUT2D eigenvalue weighted by atomic mass is 10.1. The lowest BCUT2D eigenvalue weighted by molar-refractivity contribution is -0.385. The average molecular weight is 407 g/mol. The molecular weight excluding hydrogens is 396 g/mol. The van der Waals surface area contributed by atoms with E-state index in [1.165, 1.54) is 6.92 Å². The minimum absolute atomic E-state index is 0.0412. The molecule has 0 heterocycles. The second kappa shape index (κ2) is 7.78. The summed E-state index contributed by atoms with van der Waals surface area (Å²) < 4.78 is 57.6. The lowest BCUT2D eigenvalue weighted by Crippen LogP contribution is -2.31. The third kappa shape index (κ3) is 5.07. The number of nitro groups is 1. The fourth-order valence-electron chi connectivity index (χ4n) is 2.04. The molecule has 0 spiro atoms. The highest BCUT2D eigenvalue weighted by Gasteiger charge is 2.36. The van der Waals surface area contributed by atoms with Gasteiger partial charge in [-0.2, -0.15) is 13.2 Å². The summed E-state index contributed by atoms with van der Waals surface area (Å²) in [4.78, 5) is 21.8. The van der Waals surface area contributed by atoms with Crippen molar-refractivity contribution in [2.24, 2.45) is 0 Å². The summed E-state index contributed by atoms with van der Waals surface area (Å²) in [5, 5.41) is 12.6. The van der Waals surface area contributed by atoms with Crippen molar-refractivity contribution in [1.82, 2.24) is 0 Å². The molecule has 0 unspecified atom stereocenters. The maximum absolute atomic E-state index is 13.1. The fraction of sp³-hybridized carbons (Fsp3) is 0.188. The topological polar surface area (TPSA) is 81.5 Å². The monoisotopic (exact) mass is 406 g/mol. The summed E-state index contributed by atoms with van der Waals surface area (Å²) in [6.07, 6.45) is -6.22. The van der Waals surface area contributed by atoms with E-state index >= 15 is 0 Å². The van der Waals surface area contributed by atoms with Crippen LogP contribution in [0.3, 0.4) is 0 Å². The van der Waals surface area contributed by atoms with Crippen LogP contribution in [0.4, 0.5) is 28.9 Å². The maximum Gasteiger partial charge on any atom is 0.418 e. The molecule has 27 heavy (non-hydrogen) atoms. The Balaban J connectivity index is 2.22. The van der Waals surface area contributed by atoms with Gasteiger partial charge in [-0.15, -0.1) is 0 Å². The van der Waals surface area contributed by atoms with Crippen LogP contribution in [-0.4, -0.2) is 16.9 Å².